The molecule has 0 saturated heterocycles. The van der Waals surface area contributed by atoms with Gasteiger partial charge in [0.05, 0.1) is 10.0 Å². The highest BCUT2D eigenvalue weighted by molar-refractivity contribution is 9.10. The standard InChI is InChI=1S/C13H10BrF2N/c1-7-8(3-2-4-11(7)17)12-10(15)6-5-9(14)13(12)16/h2-6H,17H2,1H3. The molecule has 1 nitrogen and oxygen atoms in total. The van der Waals surface area contributed by atoms with Gasteiger partial charge in [-0.3, -0.25) is 0 Å². The summed E-state index contributed by atoms with van der Waals surface area (Å²) in [7, 11) is 0. The highest BCUT2D eigenvalue weighted by atomic mass is 79.9. The second-order valence-corrected chi connectivity index (χ2v) is 4.59. The van der Waals surface area contributed by atoms with Gasteiger partial charge in [0.25, 0.3) is 0 Å². The molecule has 2 rings (SSSR count). The van der Waals surface area contributed by atoms with Crippen molar-refractivity contribution in [1.82, 2.24) is 0 Å². The fourth-order valence-corrected chi connectivity index (χ4v) is 2.03. The van der Waals surface area contributed by atoms with Crippen molar-refractivity contribution >= 4 is 21.6 Å². The van der Waals surface area contributed by atoms with E-state index in [4.69, 9.17) is 5.73 Å². The van der Waals surface area contributed by atoms with Gasteiger partial charge in [0.15, 0.2) is 0 Å². The normalized spacial score (nSPS) is 10.6. The van der Waals surface area contributed by atoms with Gasteiger partial charge in [-0.2, -0.15) is 0 Å². The van der Waals surface area contributed by atoms with E-state index in [1.54, 1.807) is 25.1 Å². The first-order chi connectivity index (χ1) is 8.02. The van der Waals surface area contributed by atoms with Gasteiger partial charge in [-0.25, -0.2) is 8.78 Å². The van der Waals surface area contributed by atoms with Crippen LogP contribution < -0.4 is 5.73 Å². The van der Waals surface area contributed by atoms with E-state index < -0.39 is 11.6 Å². The van der Waals surface area contributed by atoms with E-state index in [0.29, 0.717) is 16.8 Å². The van der Waals surface area contributed by atoms with Crippen molar-refractivity contribution in [3.63, 3.8) is 0 Å². The van der Waals surface area contributed by atoms with Crippen LogP contribution in [0, 0.1) is 18.6 Å². The van der Waals surface area contributed by atoms with E-state index in [0.717, 1.165) is 0 Å². The minimum Gasteiger partial charge on any atom is -0.398 e. The summed E-state index contributed by atoms with van der Waals surface area (Å²) in [6, 6.07) is 7.60. The lowest BCUT2D eigenvalue weighted by Crippen LogP contribution is -1.96. The Bertz CT molecular complexity index is 582. The molecule has 2 N–H and O–H groups in total. The molecule has 0 aliphatic heterocycles. The van der Waals surface area contributed by atoms with Gasteiger partial charge >= 0.3 is 0 Å². The van der Waals surface area contributed by atoms with Crippen molar-refractivity contribution < 1.29 is 8.78 Å². The van der Waals surface area contributed by atoms with Gasteiger partial charge in [-0.15, -0.1) is 0 Å². The van der Waals surface area contributed by atoms with E-state index in [9.17, 15) is 8.78 Å². The van der Waals surface area contributed by atoms with Gasteiger partial charge in [0.1, 0.15) is 11.6 Å². The summed E-state index contributed by atoms with van der Waals surface area (Å²) in [6.45, 7) is 1.74. The van der Waals surface area contributed by atoms with Gasteiger partial charge < -0.3 is 5.73 Å². The van der Waals surface area contributed by atoms with Crippen LogP contribution in [-0.4, -0.2) is 0 Å². The lowest BCUT2D eigenvalue weighted by molar-refractivity contribution is 0.585. The lowest BCUT2D eigenvalue weighted by atomic mass is 9.98. The molecule has 2 aromatic rings. The fraction of sp³-hybridized carbons (Fsp3) is 0.0769. The Balaban J connectivity index is 2.77. The van der Waals surface area contributed by atoms with E-state index in [-0.39, 0.29) is 10.0 Å². The lowest BCUT2D eigenvalue weighted by Gasteiger charge is -2.11. The molecule has 17 heavy (non-hydrogen) atoms. The van der Waals surface area contributed by atoms with E-state index >= 15 is 0 Å². The Hall–Kier alpha value is -1.42. The molecular weight excluding hydrogens is 288 g/mol. The molecular formula is C13H10BrF2N. The molecule has 0 spiro atoms. The second kappa shape index (κ2) is 4.45. The Kier molecular flexibility index (Phi) is 3.15. The molecule has 4 heteroatoms. The maximum Gasteiger partial charge on any atom is 0.148 e. The molecule has 0 aliphatic carbocycles. The van der Waals surface area contributed by atoms with Crippen molar-refractivity contribution in [3.8, 4) is 11.1 Å². The van der Waals surface area contributed by atoms with Crippen LogP contribution in [0.4, 0.5) is 14.5 Å². The van der Waals surface area contributed by atoms with Crippen LogP contribution in [0.1, 0.15) is 5.56 Å². The van der Waals surface area contributed by atoms with E-state index in [2.05, 4.69) is 15.9 Å². The first kappa shape index (κ1) is 12.0. The quantitative estimate of drug-likeness (QED) is 0.617. The Morgan fingerprint density at radius 1 is 1.12 bits per heavy atom. The molecule has 0 atom stereocenters. The highest BCUT2D eigenvalue weighted by Gasteiger charge is 2.16. The van der Waals surface area contributed by atoms with Gasteiger partial charge in [0.2, 0.25) is 0 Å². The van der Waals surface area contributed by atoms with Crippen molar-refractivity contribution in [2.45, 2.75) is 6.92 Å². The fourth-order valence-electron chi connectivity index (χ4n) is 1.70. The zero-order chi connectivity index (χ0) is 12.6. The first-order valence-corrected chi connectivity index (χ1v) is 5.80. The summed E-state index contributed by atoms with van der Waals surface area (Å²) in [5, 5.41) is 0. The number of anilines is 1. The molecule has 0 radical (unpaired) electrons. The molecule has 0 bridgehead atoms. The predicted octanol–water partition coefficient (Wildman–Crippen LogP) is 4.28. The largest absolute Gasteiger partial charge is 0.398 e. The summed E-state index contributed by atoms with van der Waals surface area (Å²) in [6.07, 6.45) is 0. The Labute approximate surface area is 106 Å². The summed E-state index contributed by atoms with van der Waals surface area (Å²) >= 11 is 3.05. The van der Waals surface area contributed by atoms with Crippen molar-refractivity contribution in [1.29, 1.82) is 0 Å². The molecule has 0 heterocycles. The van der Waals surface area contributed by atoms with Crippen LogP contribution in [0.3, 0.4) is 0 Å². The number of halogens is 3. The molecule has 0 saturated carbocycles. The maximum absolute atomic E-state index is 13.9. The molecule has 0 aromatic heterocycles. The third kappa shape index (κ3) is 2.05. The first-order valence-electron chi connectivity index (χ1n) is 5.01. The van der Waals surface area contributed by atoms with Crippen LogP contribution in [0.25, 0.3) is 11.1 Å². The van der Waals surface area contributed by atoms with E-state index in [1.165, 1.54) is 12.1 Å². The third-order valence-corrected chi connectivity index (χ3v) is 3.30. The SMILES string of the molecule is Cc1c(N)cccc1-c1c(F)ccc(Br)c1F. The predicted molar refractivity (Wildman–Crippen MR) is 68.6 cm³/mol. The summed E-state index contributed by atoms with van der Waals surface area (Å²) in [5.41, 5.74) is 7.35. The number of rotatable bonds is 1. The van der Waals surface area contributed by atoms with Gasteiger partial charge in [0, 0.05) is 5.69 Å². The Morgan fingerprint density at radius 3 is 2.53 bits per heavy atom. The van der Waals surface area contributed by atoms with Crippen LogP contribution in [0.2, 0.25) is 0 Å². The highest BCUT2D eigenvalue weighted by Crippen LogP contribution is 2.34. The smallest absolute Gasteiger partial charge is 0.148 e. The minimum atomic E-state index is -0.612. The molecule has 2 aromatic carbocycles. The van der Waals surface area contributed by atoms with Crippen LogP contribution in [0.5, 0.6) is 0 Å². The average Bonchev–Trinajstić information content (AvgIpc) is 2.30. The zero-order valence-electron chi connectivity index (χ0n) is 9.10. The topological polar surface area (TPSA) is 26.0 Å². The summed E-state index contributed by atoms with van der Waals surface area (Å²) in [5.74, 6) is -1.21. The third-order valence-electron chi connectivity index (χ3n) is 2.69. The summed E-state index contributed by atoms with van der Waals surface area (Å²) in [4.78, 5) is 0. The molecule has 88 valence electrons. The molecule has 0 fully saturated rings. The molecule has 0 amide bonds. The number of nitrogen functional groups attached to an aromatic ring is 1. The van der Waals surface area contributed by atoms with Gasteiger partial charge in [-0.1, -0.05) is 12.1 Å². The van der Waals surface area contributed by atoms with Crippen molar-refractivity contribution in [2.24, 2.45) is 0 Å². The number of benzene rings is 2. The molecule has 0 aliphatic rings. The number of nitrogens with two attached hydrogens (primary N) is 1. The van der Waals surface area contributed by atoms with Crippen molar-refractivity contribution in [2.75, 3.05) is 5.73 Å². The monoisotopic (exact) mass is 297 g/mol. The zero-order valence-corrected chi connectivity index (χ0v) is 10.7. The molecule has 0 unspecified atom stereocenters. The van der Waals surface area contributed by atoms with Crippen molar-refractivity contribution in [3.05, 3.63) is 52.0 Å². The second-order valence-electron chi connectivity index (χ2n) is 3.74. The maximum atomic E-state index is 13.9. The summed E-state index contributed by atoms with van der Waals surface area (Å²) < 4.78 is 27.9. The van der Waals surface area contributed by atoms with Gasteiger partial charge in [-0.05, 0) is 52.2 Å². The minimum absolute atomic E-state index is 0.0517. The number of hydrogen-bond acceptors (Lipinski definition) is 1. The van der Waals surface area contributed by atoms with Crippen LogP contribution in [-0.2, 0) is 0 Å². The Morgan fingerprint density at radius 2 is 1.82 bits per heavy atom. The van der Waals surface area contributed by atoms with Crippen LogP contribution in [0.15, 0.2) is 34.8 Å². The number of hydrogen-bond donors (Lipinski definition) is 1. The van der Waals surface area contributed by atoms with E-state index in [1.807, 2.05) is 0 Å². The average molecular weight is 298 g/mol. The van der Waals surface area contributed by atoms with Crippen LogP contribution >= 0.6 is 15.9 Å².